The lowest BCUT2D eigenvalue weighted by Crippen LogP contribution is -2.49. The molecule has 1 aromatic carbocycles. The molecule has 0 N–H and O–H groups in total. The van der Waals surface area contributed by atoms with Gasteiger partial charge in [-0.15, -0.1) is 0 Å². The second-order valence-electron chi connectivity index (χ2n) is 4.18. The number of halogens is 4. The highest BCUT2D eigenvalue weighted by molar-refractivity contribution is 14.1. The molecule has 17 heavy (non-hydrogen) atoms. The molecule has 0 aliphatic rings. The maximum Gasteiger partial charge on any atom is 0.140 e. The van der Waals surface area contributed by atoms with Crippen LogP contribution >= 0.6 is 38.5 Å². The van der Waals surface area contributed by atoms with E-state index in [1.54, 1.807) is 0 Å². The fourth-order valence-corrected chi connectivity index (χ4v) is 7.07. The van der Waals surface area contributed by atoms with Crippen molar-refractivity contribution in [3.05, 3.63) is 25.7 Å². The van der Waals surface area contributed by atoms with Gasteiger partial charge in [-0.25, -0.2) is 8.78 Å². The first-order valence-electron chi connectivity index (χ1n) is 5.77. The molecule has 0 amide bonds. The maximum absolute atomic E-state index is 14.3. The zero-order valence-electron chi connectivity index (χ0n) is 10.2. The minimum absolute atomic E-state index is 0.368. The molecule has 0 aliphatic heterocycles. The second kappa shape index (κ2) is 6.10. The molecule has 0 aromatic heterocycles. The Morgan fingerprint density at radius 3 is 2.06 bits per heavy atom. The summed E-state index contributed by atoms with van der Waals surface area (Å²) in [6.45, 7) is 6.14. The quantitative estimate of drug-likeness (QED) is 0.270. The standard InChI is InChI=1S/C12H16BrF2ISi/c1-4-17(5-2,6-3)12-8(14)7-9(16)10(13)11(12)15/h7H,4-6H2,1-3H3. The third kappa shape index (κ3) is 2.76. The van der Waals surface area contributed by atoms with Crippen molar-refractivity contribution in [2.45, 2.75) is 38.9 Å². The monoisotopic (exact) mass is 432 g/mol. The van der Waals surface area contributed by atoms with Crippen molar-refractivity contribution in [3.63, 3.8) is 0 Å². The summed E-state index contributed by atoms with van der Waals surface area (Å²) < 4.78 is 29.4. The van der Waals surface area contributed by atoms with Gasteiger partial charge in [0.1, 0.15) is 11.6 Å². The second-order valence-corrected chi connectivity index (χ2v) is 11.3. The van der Waals surface area contributed by atoms with Gasteiger partial charge in [0, 0.05) is 8.76 Å². The van der Waals surface area contributed by atoms with Gasteiger partial charge in [0.15, 0.2) is 0 Å². The maximum atomic E-state index is 14.3. The number of hydrogen-bond donors (Lipinski definition) is 0. The molecule has 0 spiro atoms. The molecule has 96 valence electrons. The summed E-state index contributed by atoms with van der Waals surface area (Å²) in [7, 11) is -2.02. The van der Waals surface area contributed by atoms with Crippen LogP contribution in [0.4, 0.5) is 8.78 Å². The van der Waals surface area contributed by atoms with E-state index in [1.807, 2.05) is 43.4 Å². The van der Waals surface area contributed by atoms with Gasteiger partial charge in [-0.1, -0.05) is 38.9 Å². The molecule has 1 rings (SSSR count). The van der Waals surface area contributed by atoms with Gasteiger partial charge in [-0.05, 0) is 44.6 Å². The van der Waals surface area contributed by atoms with Crippen LogP contribution in [0.5, 0.6) is 0 Å². The lowest BCUT2D eigenvalue weighted by atomic mass is 10.3. The molecule has 0 atom stereocenters. The fourth-order valence-electron chi connectivity index (χ4n) is 2.33. The normalized spacial score (nSPS) is 11.9. The van der Waals surface area contributed by atoms with Crippen LogP contribution in [0.1, 0.15) is 20.8 Å². The highest BCUT2D eigenvalue weighted by Crippen LogP contribution is 2.28. The molecule has 0 bridgehead atoms. The number of hydrogen-bond acceptors (Lipinski definition) is 0. The summed E-state index contributed by atoms with van der Waals surface area (Å²) in [5, 5.41) is 0.372. The summed E-state index contributed by atoms with van der Waals surface area (Å²) >= 11 is 5.16. The van der Waals surface area contributed by atoms with E-state index in [1.165, 1.54) is 6.07 Å². The fraction of sp³-hybridized carbons (Fsp3) is 0.500. The first-order chi connectivity index (χ1) is 7.93. The van der Waals surface area contributed by atoms with Crippen molar-refractivity contribution in [1.29, 1.82) is 0 Å². The van der Waals surface area contributed by atoms with Crippen molar-refractivity contribution in [2.24, 2.45) is 0 Å². The van der Waals surface area contributed by atoms with E-state index >= 15 is 0 Å². The average molecular weight is 433 g/mol. The summed E-state index contributed by atoms with van der Waals surface area (Å²) in [6, 6.07) is 4.06. The SMILES string of the molecule is CC[Si](CC)(CC)c1c(F)cc(I)c(Br)c1F. The molecule has 0 unspecified atom stereocenters. The van der Waals surface area contributed by atoms with Gasteiger partial charge in [0.05, 0.1) is 12.5 Å². The molecule has 0 radical (unpaired) electrons. The lowest BCUT2D eigenvalue weighted by molar-refractivity contribution is 0.589. The van der Waals surface area contributed by atoms with Gasteiger partial charge in [0.2, 0.25) is 0 Å². The smallest absolute Gasteiger partial charge is 0.140 e. The number of benzene rings is 1. The summed E-state index contributed by atoms with van der Waals surface area (Å²) in [5.74, 6) is -0.751. The Bertz CT molecular complexity index is 411. The number of rotatable bonds is 4. The minimum atomic E-state index is -2.02. The molecule has 0 heterocycles. The molecule has 0 aliphatic carbocycles. The summed E-state index contributed by atoms with van der Waals surface area (Å²) in [6.07, 6.45) is 0. The zero-order chi connectivity index (χ0) is 13.2. The molecule has 0 nitrogen and oxygen atoms in total. The molecule has 0 saturated carbocycles. The van der Waals surface area contributed by atoms with E-state index in [2.05, 4.69) is 15.9 Å². The van der Waals surface area contributed by atoms with Crippen molar-refractivity contribution in [3.8, 4) is 0 Å². The Kier molecular flexibility index (Phi) is 5.59. The Labute approximate surface area is 124 Å². The Morgan fingerprint density at radius 2 is 1.65 bits per heavy atom. The van der Waals surface area contributed by atoms with E-state index in [-0.39, 0.29) is 11.6 Å². The van der Waals surface area contributed by atoms with Crippen molar-refractivity contribution < 1.29 is 8.78 Å². The summed E-state index contributed by atoms with van der Waals surface area (Å²) in [5.41, 5.74) is 0. The van der Waals surface area contributed by atoms with Crippen LogP contribution in [-0.2, 0) is 0 Å². The first-order valence-corrected chi connectivity index (χ1v) is 10.3. The average Bonchev–Trinajstić information content (AvgIpc) is 2.32. The van der Waals surface area contributed by atoms with Crippen molar-refractivity contribution in [1.82, 2.24) is 0 Å². The van der Waals surface area contributed by atoms with Gasteiger partial charge in [-0.2, -0.15) is 0 Å². The van der Waals surface area contributed by atoms with Gasteiger partial charge < -0.3 is 0 Å². The van der Waals surface area contributed by atoms with Crippen LogP contribution in [0.15, 0.2) is 10.5 Å². The topological polar surface area (TPSA) is 0 Å². The third-order valence-electron chi connectivity index (χ3n) is 3.67. The van der Waals surface area contributed by atoms with Gasteiger partial charge in [0.25, 0.3) is 0 Å². The highest BCUT2D eigenvalue weighted by atomic mass is 127. The van der Waals surface area contributed by atoms with Gasteiger partial charge in [-0.3, -0.25) is 0 Å². The van der Waals surface area contributed by atoms with Crippen LogP contribution < -0.4 is 5.19 Å². The van der Waals surface area contributed by atoms with Gasteiger partial charge >= 0.3 is 0 Å². The molecule has 0 fully saturated rings. The van der Waals surface area contributed by atoms with E-state index in [9.17, 15) is 8.78 Å². The van der Waals surface area contributed by atoms with Crippen LogP contribution in [-0.4, -0.2) is 8.07 Å². The zero-order valence-corrected chi connectivity index (χ0v) is 15.0. The third-order valence-corrected chi connectivity index (χ3v) is 11.6. The molecular weight excluding hydrogens is 417 g/mol. The van der Waals surface area contributed by atoms with E-state index in [0.717, 1.165) is 18.1 Å². The van der Waals surface area contributed by atoms with E-state index in [0.29, 0.717) is 13.2 Å². The Balaban J connectivity index is 3.54. The largest absolute Gasteiger partial charge is 0.207 e. The minimum Gasteiger partial charge on any atom is -0.207 e. The molecule has 1 aromatic rings. The highest BCUT2D eigenvalue weighted by Gasteiger charge is 2.36. The van der Waals surface area contributed by atoms with Crippen molar-refractivity contribution >= 4 is 51.8 Å². The molecular formula is C12H16BrF2ISi. The molecule has 0 saturated heterocycles. The van der Waals surface area contributed by atoms with Crippen molar-refractivity contribution in [2.75, 3.05) is 0 Å². The van der Waals surface area contributed by atoms with Crippen LogP contribution in [0.3, 0.4) is 0 Å². The van der Waals surface area contributed by atoms with E-state index < -0.39 is 8.07 Å². The lowest BCUT2D eigenvalue weighted by Gasteiger charge is -2.29. The van der Waals surface area contributed by atoms with Crippen LogP contribution in [0.2, 0.25) is 18.1 Å². The predicted molar refractivity (Wildman–Crippen MR) is 83.6 cm³/mol. The summed E-state index contributed by atoms with van der Waals surface area (Å²) in [4.78, 5) is 0. The van der Waals surface area contributed by atoms with Crippen LogP contribution in [0.25, 0.3) is 0 Å². The Morgan fingerprint density at radius 1 is 1.18 bits per heavy atom. The Hall–Kier alpha value is 0.507. The molecule has 5 heteroatoms. The van der Waals surface area contributed by atoms with E-state index in [4.69, 9.17) is 0 Å². The first kappa shape index (κ1) is 15.6. The van der Waals surface area contributed by atoms with Crippen LogP contribution in [0, 0.1) is 15.2 Å². The predicted octanol–water partition coefficient (Wildman–Crippen LogP) is 5.05.